The highest BCUT2D eigenvalue weighted by atomic mass is 19.1. The van der Waals surface area contributed by atoms with Crippen molar-refractivity contribution in [1.29, 1.82) is 0 Å². The zero-order valence-electron chi connectivity index (χ0n) is 11.2. The quantitative estimate of drug-likeness (QED) is 0.924. The van der Waals surface area contributed by atoms with E-state index in [0.717, 1.165) is 24.0 Å². The van der Waals surface area contributed by atoms with Crippen LogP contribution in [0.5, 0.6) is 5.88 Å². The van der Waals surface area contributed by atoms with E-state index in [1.165, 1.54) is 25.0 Å². The van der Waals surface area contributed by atoms with E-state index in [2.05, 4.69) is 4.98 Å². The lowest BCUT2D eigenvalue weighted by Gasteiger charge is -2.16. The van der Waals surface area contributed by atoms with Crippen molar-refractivity contribution in [1.82, 2.24) is 4.98 Å². The van der Waals surface area contributed by atoms with Crippen LogP contribution >= 0.6 is 0 Å². The van der Waals surface area contributed by atoms with Crippen LogP contribution in [0.3, 0.4) is 0 Å². The van der Waals surface area contributed by atoms with Gasteiger partial charge in [0.2, 0.25) is 5.88 Å². The van der Waals surface area contributed by atoms with Crippen molar-refractivity contribution in [2.45, 2.75) is 31.8 Å². The lowest BCUT2D eigenvalue weighted by atomic mass is 10.1. The molecule has 1 aliphatic rings. The zero-order chi connectivity index (χ0) is 13.9. The van der Waals surface area contributed by atoms with E-state index in [4.69, 9.17) is 10.5 Å². The van der Waals surface area contributed by atoms with E-state index in [-0.39, 0.29) is 11.9 Å². The van der Waals surface area contributed by atoms with Crippen molar-refractivity contribution in [2.24, 2.45) is 0 Å². The largest absolute Gasteiger partial charge is 0.474 e. The van der Waals surface area contributed by atoms with E-state index in [9.17, 15) is 4.39 Å². The third-order valence-electron chi connectivity index (χ3n) is 3.61. The minimum Gasteiger partial charge on any atom is -0.474 e. The Bertz CT molecular complexity index is 592. The van der Waals surface area contributed by atoms with Crippen LogP contribution in [0.25, 0.3) is 11.1 Å². The second-order valence-corrected chi connectivity index (χ2v) is 5.15. The van der Waals surface area contributed by atoms with Gasteiger partial charge in [0, 0.05) is 5.56 Å². The molecule has 1 fully saturated rings. The summed E-state index contributed by atoms with van der Waals surface area (Å²) in [5.41, 5.74) is 8.06. The van der Waals surface area contributed by atoms with Crippen molar-refractivity contribution >= 4 is 5.69 Å². The fourth-order valence-corrected chi connectivity index (χ4v) is 2.56. The van der Waals surface area contributed by atoms with Gasteiger partial charge in [-0.1, -0.05) is 12.1 Å². The zero-order valence-corrected chi connectivity index (χ0v) is 11.2. The fraction of sp³-hybridized carbons (Fsp3) is 0.312. The van der Waals surface area contributed by atoms with Crippen LogP contribution in [-0.2, 0) is 0 Å². The molecule has 0 atom stereocenters. The average Bonchev–Trinajstić information content (AvgIpc) is 2.95. The maximum atomic E-state index is 13.0. The number of pyridine rings is 1. The molecule has 0 radical (unpaired) electrons. The summed E-state index contributed by atoms with van der Waals surface area (Å²) in [6.45, 7) is 0. The predicted octanol–water partition coefficient (Wildman–Crippen LogP) is 3.79. The molecule has 4 heteroatoms. The number of aromatic nitrogens is 1. The molecule has 1 aromatic carbocycles. The summed E-state index contributed by atoms with van der Waals surface area (Å²) in [6.07, 6.45) is 6.35. The Morgan fingerprint density at radius 1 is 1.15 bits per heavy atom. The summed E-state index contributed by atoms with van der Waals surface area (Å²) >= 11 is 0. The molecular weight excluding hydrogens is 255 g/mol. The fourth-order valence-electron chi connectivity index (χ4n) is 2.56. The summed E-state index contributed by atoms with van der Waals surface area (Å²) in [6, 6.07) is 8.11. The summed E-state index contributed by atoms with van der Waals surface area (Å²) < 4.78 is 19.0. The van der Waals surface area contributed by atoms with Crippen LogP contribution in [0.15, 0.2) is 36.5 Å². The summed E-state index contributed by atoms with van der Waals surface area (Å²) in [5.74, 6) is 0.321. The van der Waals surface area contributed by atoms with Gasteiger partial charge in [0.25, 0.3) is 0 Å². The minimum absolute atomic E-state index is 0.227. The van der Waals surface area contributed by atoms with Gasteiger partial charge in [0.15, 0.2) is 0 Å². The first-order valence-corrected chi connectivity index (χ1v) is 6.90. The Kier molecular flexibility index (Phi) is 3.54. The maximum absolute atomic E-state index is 13.0. The SMILES string of the molecule is Nc1cnc(OC2CCCC2)c(-c2ccc(F)cc2)c1. The number of hydrogen-bond acceptors (Lipinski definition) is 3. The number of nitrogen functional groups attached to an aromatic ring is 1. The molecule has 104 valence electrons. The first kappa shape index (κ1) is 12.9. The highest BCUT2D eigenvalue weighted by Gasteiger charge is 2.19. The second kappa shape index (κ2) is 5.49. The Balaban J connectivity index is 1.94. The van der Waals surface area contributed by atoms with Crippen LogP contribution < -0.4 is 10.5 Å². The smallest absolute Gasteiger partial charge is 0.221 e. The highest BCUT2D eigenvalue weighted by Crippen LogP contribution is 2.32. The van der Waals surface area contributed by atoms with Gasteiger partial charge in [-0.15, -0.1) is 0 Å². The molecule has 2 N–H and O–H groups in total. The summed E-state index contributed by atoms with van der Waals surface area (Å²) in [7, 11) is 0. The lowest BCUT2D eigenvalue weighted by Crippen LogP contribution is -2.12. The molecule has 1 aliphatic carbocycles. The normalized spacial score (nSPS) is 15.4. The van der Waals surface area contributed by atoms with E-state index in [1.807, 2.05) is 6.07 Å². The van der Waals surface area contributed by atoms with Crippen LogP contribution in [0.4, 0.5) is 10.1 Å². The molecule has 1 saturated carbocycles. The topological polar surface area (TPSA) is 48.1 Å². The van der Waals surface area contributed by atoms with E-state index < -0.39 is 0 Å². The molecule has 0 bridgehead atoms. The van der Waals surface area contributed by atoms with Crippen molar-refractivity contribution in [3.8, 4) is 17.0 Å². The molecular formula is C16H17FN2O. The molecule has 0 unspecified atom stereocenters. The molecule has 3 nitrogen and oxygen atoms in total. The monoisotopic (exact) mass is 272 g/mol. The molecule has 1 heterocycles. The number of anilines is 1. The second-order valence-electron chi connectivity index (χ2n) is 5.15. The van der Waals surface area contributed by atoms with Gasteiger partial charge in [0.05, 0.1) is 11.9 Å². The molecule has 0 saturated heterocycles. The van der Waals surface area contributed by atoms with Crippen LogP contribution in [0.2, 0.25) is 0 Å². The van der Waals surface area contributed by atoms with Gasteiger partial charge in [-0.2, -0.15) is 0 Å². The first-order chi connectivity index (χ1) is 9.72. The number of rotatable bonds is 3. The lowest BCUT2D eigenvalue weighted by molar-refractivity contribution is 0.202. The first-order valence-electron chi connectivity index (χ1n) is 6.90. The van der Waals surface area contributed by atoms with Crippen molar-refractivity contribution < 1.29 is 9.13 Å². The minimum atomic E-state index is -0.260. The van der Waals surface area contributed by atoms with E-state index in [0.29, 0.717) is 11.6 Å². The van der Waals surface area contributed by atoms with E-state index in [1.54, 1.807) is 18.3 Å². The van der Waals surface area contributed by atoms with E-state index >= 15 is 0 Å². The number of ether oxygens (including phenoxy) is 1. The molecule has 2 aromatic rings. The summed E-state index contributed by atoms with van der Waals surface area (Å²) in [5, 5.41) is 0. The third kappa shape index (κ3) is 2.74. The third-order valence-corrected chi connectivity index (χ3v) is 3.61. The highest BCUT2D eigenvalue weighted by molar-refractivity contribution is 5.71. The molecule has 0 aliphatic heterocycles. The van der Waals surface area contributed by atoms with Crippen molar-refractivity contribution in [2.75, 3.05) is 5.73 Å². The standard InChI is InChI=1S/C16H17FN2O/c17-12-7-5-11(6-8-12)15-9-13(18)10-19-16(15)20-14-3-1-2-4-14/h5-10,14H,1-4,18H2. The van der Waals surface area contributed by atoms with Gasteiger partial charge >= 0.3 is 0 Å². The Morgan fingerprint density at radius 3 is 2.55 bits per heavy atom. The number of halogens is 1. The van der Waals surface area contributed by atoms with Crippen LogP contribution in [0, 0.1) is 5.82 Å². The maximum Gasteiger partial charge on any atom is 0.221 e. The van der Waals surface area contributed by atoms with Gasteiger partial charge in [-0.25, -0.2) is 9.37 Å². The Morgan fingerprint density at radius 2 is 1.85 bits per heavy atom. The van der Waals surface area contributed by atoms with Crippen molar-refractivity contribution in [3.05, 3.63) is 42.3 Å². The number of benzene rings is 1. The number of nitrogens with zero attached hydrogens (tertiary/aromatic N) is 1. The number of hydrogen-bond donors (Lipinski definition) is 1. The average molecular weight is 272 g/mol. The van der Waals surface area contributed by atoms with Crippen molar-refractivity contribution in [3.63, 3.8) is 0 Å². The Hall–Kier alpha value is -2.10. The van der Waals surface area contributed by atoms with Crippen LogP contribution in [-0.4, -0.2) is 11.1 Å². The predicted molar refractivity (Wildman–Crippen MR) is 76.9 cm³/mol. The van der Waals surface area contributed by atoms with Gasteiger partial charge in [0.1, 0.15) is 11.9 Å². The molecule has 3 rings (SSSR count). The molecule has 20 heavy (non-hydrogen) atoms. The number of nitrogens with two attached hydrogens (primary N) is 1. The molecule has 0 spiro atoms. The Labute approximate surface area is 117 Å². The van der Waals surface area contributed by atoms with Gasteiger partial charge < -0.3 is 10.5 Å². The van der Waals surface area contributed by atoms with Gasteiger partial charge in [-0.3, -0.25) is 0 Å². The molecule has 0 amide bonds. The van der Waals surface area contributed by atoms with Crippen LogP contribution in [0.1, 0.15) is 25.7 Å². The molecule has 1 aromatic heterocycles. The van der Waals surface area contributed by atoms with Gasteiger partial charge in [-0.05, 0) is 49.4 Å². The summed E-state index contributed by atoms with van der Waals surface area (Å²) in [4.78, 5) is 4.30.